The predicted molar refractivity (Wildman–Crippen MR) is 148 cm³/mol. The molecule has 3 aromatic rings. The largest absolute Gasteiger partial charge is 0.376 e. The van der Waals surface area contributed by atoms with Crippen LogP contribution in [-0.4, -0.2) is 79.3 Å². The van der Waals surface area contributed by atoms with Crippen LogP contribution in [0.2, 0.25) is 0 Å². The predicted octanol–water partition coefficient (Wildman–Crippen LogP) is 3.64. The highest BCUT2D eigenvalue weighted by molar-refractivity contribution is 6.00. The summed E-state index contributed by atoms with van der Waals surface area (Å²) in [6.07, 6.45) is 7.34. The summed E-state index contributed by atoms with van der Waals surface area (Å²) in [4.78, 5) is 19.0. The SMILES string of the molecule is Cc1ccc2[nH]ncc2c1-c1c(C#N)c(N2CCC3(CN(C(=O)/C=C/CN(C)C)C3)C2)cc2c1COCC2. The number of hydrogen-bond acceptors (Lipinski definition) is 6. The average Bonchev–Trinajstić information content (AvgIpc) is 3.54. The zero-order valence-corrected chi connectivity index (χ0v) is 22.4. The van der Waals surface area contributed by atoms with Crippen molar-refractivity contribution < 1.29 is 9.53 Å². The van der Waals surface area contributed by atoms with Crippen molar-refractivity contribution >= 4 is 22.5 Å². The Kier molecular flexibility index (Phi) is 6.21. The topological polar surface area (TPSA) is 88.5 Å². The summed E-state index contributed by atoms with van der Waals surface area (Å²) < 4.78 is 5.90. The van der Waals surface area contributed by atoms with E-state index in [-0.39, 0.29) is 11.3 Å². The summed E-state index contributed by atoms with van der Waals surface area (Å²) in [5, 5.41) is 19.0. The van der Waals surface area contributed by atoms with Crippen molar-refractivity contribution in [3.63, 3.8) is 0 Å². The molecule has 0 unspecified atom stereocenters. The molecule has 3 aliphatic rings. The maximum atomic E-state index is 12.6. The number of anilines is 1. The van der Waals surface area contributed by atoms with Gasteiger partial charge < -0.3 is 19.4 Å². The van der Waals surface area contributed by atoms with E-state index in [0.29, 0.717) is 18.8 Å². The first kappa shape index (κ1) is 24.7. The lowest BCUT2D eigenvalue weighted by molar-refractivity contribution is -0.136. The number of H-pyrrole nitrogens is 1. The Hall–Kier alpha value is -3.67. The Morgan fingerprint density at radius 1 is 1.29 bits per heavy atom. The minimum atomic E-state index is 0.0911. The number of carbonyl (C=O) groups excluding carboxylic acids is 1. The third-order valence-electron chi connectivity index (χ3n) is 8.34. The Morgan fingerprint density at radius 3 is 2.92 bits per heavy atom. The Balaban J connectivity index is 1.34. The van der Waals surface area contributed by atoms with Crippen LogP contribution in [0.3, 0.4) is 0 Å². The summed E-state index contributed by atoms with van der Waals surface area (Å²) in [6, 6.07) is 8.96. The molecule has 1 aromatic heterocycles. The number of rotatable bonds is 5. The van der Waals surface area contributed by atoms with Crippen molar-refractivity contribution in [2.45, 2.75) is 26.4 Å². The normalized spacial score (nSPS) is 18.4. The van der Waals surface area contributed by atoms with Gasteiger partial charge >= 0.3 is 0 Å². The van der Waals surface area contributed by atoms with Crippen LogP contribution < -0.4 is 4.90 Å². The molecule has 196 valence electrons. The van der Waals surface area contributed by atoms with Crippen LogP contribution in [0.15, 0.2) is 36.5 Å². The van der Waals surface area contributed by atoms with E-state index in [1.54, 1.807) is 6.08 Å². The molecule has 1 N–H and O–H groups in total. The lowest BCUT2D eigenvalue weighted by Gasteiger charge is -2.47. The number of nitriles is 1. The van der Waals surface area contributed by atoms with E-state index in [2.05, 4.69) is 40.2 Å². The number of likely N-dealkylation sites (tertiary alicyclic amines) is 1. The van der Waals surface area contributed by atoms with Crippen molar-refractivity contribution in [2.75, 3.05) is 58.3 Å². The number of aromatic amines is 1. The fourth-order valence-electron chi connectivity index (χ4n) is 6.39. The number of hydrogen-bond donors (Lipinski definition) is 1. The number of aromatic nitrogens is 2. The Labute approximate surface area is 223 Å². The van der Waals surface area contributed by atoms with Crippen LogP contribution in [0.5, 0.6) is 0 Å². The third kappa shape index (κ3) is 4.16. The molecular weight excluding hydrogens is 476 g/mol. The van der Waals surface area contributed by atoms with E-state index >= 15 is 0 Å². The van der Waals surface area contributed by atoms with E-state index < -0.39 is 0 Å². The summed E-state index contributed by atoms with van der Waals surface area (Å²) in [7, 11) is 3.98. The van der Waals surface area contributed by atoms with Crippen LogP contribution in [-0.2, 0) is 22.6 Å². The summed E-state index contributed by atoms with van der Waals surface area (Å²) in [5.41, 5.74) is 8.33. The summed E-state index contributed by atoms with van der Waals surface area (Å²) in [6.45, 7) is 7.35. The van der Waals surface area contributed by atoms with Gasteiger partial charge in [-0.2, -0.15) is 10.4 Å². The number of likely N-dealkylation sites (N-methyl/N-ethyl adjacent to an activating group) is 1. The monoisotopic (exact) mass is 510 g/mol. The first-order valence-corrected chi connectivity index (χ1v) is 13.3. The molecule has 6 rings (SSSR count). The minimum absolute atomic E-state index is 0.0911. The van der Waals surface area contributed by atoms with Gasteiger partial charge in [-0.1, -0.05) is 12.1 Å². The standard InChI is InChI=1S/C30H34N6O2/c1-20-6-7-25-23(15-32-33-25)28(20)29-22(14-31)26(13-21-8-12-38-16-24(21)29)35-11-9-30(17-35)18-36(19-30)27(37)5-4-10-34(2)3/h4-7,13,15H,8-12,16-19H2,1-3H3,(H,32,33)/b5-4+. The fourth-order valence-corrected chi connectivity index (χ4v) is 6.39. The molecule has 1 spiro atoms. The Morgan fingerprint density at radius 2 is 2.13 bits per heavy atom. The number of amides is 1. The molecule has 2 fully saturated rings. The lowest BCUT2D eigenvalue weighted by Crippen LogP contribution is -2.59. The van der Waals surface area contributed by atoms with Crippen LogP contribution in [0.25, 0.3) is 22.0 Å². The molecule has 2 saturated heterocycles. The van der Waals surface area contributed by atoms with Gasteiger partial charge in [0.2, 0.25) is 5.91 Å². The zero-order valence-electron chi connectivity index (χ0n) is 22.4. The summed E-state index contributed by atoms with van der Waals surface area (Å²) >= 11 is 0. The van der Waals surface area contributed by atoms with Gasteiger partial charge in [0.25, 0.3) is 0 Å². The molecule has 0 radical (unpaired) electrons. The molecule has 2 aromatic carbocycles. The van der Waals surface area contributed by atoms with Gasteiger partial charge in [-0.15, -0.1) is 0 Å². The quantitative estimate of drug-likeness (QED) is 0.528. The van der Waals surface area contributed by atoms with E-state index in [1.165, 1.54) is 5.56 Å². The molecular formula is C30H34N6O2. The molecule has 0 bridgehead atoms. The van der Waals surface area contributed by atoms with Gasteiger partial charge in [0.05, 0.1) is 36.2 Å². The summed E-state index contributed by atoms with van der Waals surface area (Å²) in [5.74, 6) is 0.0911. The molecule has 8 heteroatoms. The number of nitrogens with one attached hydrogen (secondary N) is 1. The molecule has 8 nitrogen and oxygen atoms in total. The second-order valence-corrected chi connectivity index (χ2v) is 11.3. The maximum Gasteiger partial charge on any atom is 0.246 e. The van der Waals surface area contributed by atoms with Gasteiger partial charge in [-0.3, -0.25) is 9.89 Å². The lowest BCUT2D eigenvalue weighted by atomic mass is 9.79. The minimum Gasteiger partial charge on any atom is -0.376 e. The number of aryl methyl sites for hydroxylation is 1. The number of carbonyl (C=O) groups is 1. The first-order valence-electron chi connectivity index (χ1n) is 13.3. The van der Waals surface area contributed by atoms with Gasteiger partial charge in [0.1, 0.15) is 6.07 Å². The number of ether oxygens (including phenoxy) is 1. The molecule has 0 aliphatic carbocycles. The molecule has 38 heavy (non-hydrogen) atoms. The Bertz CT molecular complexity index is 1470. The average molecular weight is 511 g/mol. The second kappa shape index (κ2) is 9.57. The van der Waals surface area contributed by atoms with Crippen LogP contribution in [0.1, 0.15) is 28.7 Å². The molecule has 0 atom stereocenters. The van der Waals surface area contributed by atoms with E-state index in [9.17, 15) is 10.1 Å². The number of benzene rings is 2. The van der Waals surface area contributed by atoms with Gasteiger partial charge in [-0.25, -0.2) is 0 Å². The fraction of sp³-hybridized carbons (Fsp3) is 0.433. The second-order valence-electron chi connectivity index (χ2n) is 11.3. The van der Waals surface area contributed by atoms with Crippen LogP contribution in [0, 0.1) is 23.7 Å². The maximum absolute atomic E-state index is 12.6. The van der Waals surface area contributed by atoms with Crippen LogP contribution in [0.4, 0.5) is 5.69 Å². The molecule has 1 amide bonds. The van der Waals surface area contributed by atoms with Gasteiger partial charge in [-0.05, 0) is 68.2 Å². The third-order valence-corrected chi connectivity index (χ3v) is 8.34. The van der Waals surface area contributed by atoms with Crippen molar-refractivity contribution in [3.8, 4) is 17.2 Å². The highest BCUT2D eigenvalue weighted by Gasteiger charge is 2.49. The first-order chi connectivity index (χ1) is 18.4. The van der Waals surface area contributed by atoms with Crippen molar-refractivity contribution in [1.29, 1.82) is 5.26 Å². The van der Waals surface area contributed by atoms with Crippen LogP contribution >= 0.6 is 0 Å². The van der Waals surface area contributed by atoms with Crippen molar-refractivity contribution in [1.82, 2.24) is 20.0 Å². The number of nitrogens with zero attached hydrogens (tertiary/aromatic N) is 5. The zero-order chi connectivity index (χ0) is 26.4. The van der Waals surface area contributed by atoms with Crippen molar-refractivity contribution in [3.05, 3.63) is 58.8 Å². The molecule has 4 heterocycles. The van der Waals surface area contributed by atoms with E-state index in [0.717, 1.165) is 84.4 Å². The smallest absolute Gasteiger partial charge is 0.246 e. The van der Waals surface area contributed by atoms with Gasteiger partial charge in [0.15, 0.2) is 0 Å². The van der Waals surface area contributed by atoms with Crippen molar-refractivity contribution in [2.24, 2.45) is 5.41 Å². The highest BCUT2D eigenvalue weighted by atomic mass is 16.5. The molecule has 0 saturated carbocycles. The van der Waals surface area contributed by atoms with Gasteiger partial charge in [0, 0.05) is 55.2 Å². The highest BCUT2D eigenvalue weighted by Crippen LogP contribution is 2.46. The molecule has 3 aliphatic heterocycles. The number of fused-ring (bicyclic) bond motifs is 2. The van der Waals surface area contributed by atoms with E-state index in [1.807, 2.05) is 42.2 Å². The van der Waals surface area contributed by atoms with E-state index in [4.69, 9.17) is 4.74 Å².